The Labute approximate surface area is 843 Å². The molecule has 21 saturated heterocycles. The Kier molecular flexibility index (Phi) is 36.5. The van der Waals surface area contributed by atoms with Crippen molar-refractivity contribution < 1.29 is 223 Å². The summed E-state index contributed by atoms with van der Waals surface area (Å²) in [4.78, 5) is 10.7. The fourth-order valence-electron chi connectivity index (χ4n) is 16.9. The second kappa shape index (κ2) is 47.4. The van der Waals surface area contributed by atoms with Crippen molar-refractivity contribution in [3.05, 3.63) is 215 Å². The van der Waals surface area contributed by atoms with Crippen molar-refractivity contribution in [2.24, 2.45) is 0 Å². The van der Waals surface area contributed by atoms with Gasteiger partial charge in [0.05, 0.1) is 69.0 Å². The minimum atomic E-state index is -5.02. The molecule has 49 nitrogen and oxygen atoms in total. The van der Waals surface area contributed by atoms with Crippen molar-refractivity contribution in [3.63, 3.8) is 0 Å². The van der Waals surface area contributed by atoms with Crippen molar-refractivity contribution in [2.75, 3.05) is 46.2 Å². The summed E-state index contributed by atoms with van der Waals surface area (Å²) in [6, 6.07) is 37.9. The highest BCUT2D eigenvalue weighted by Crippen LogP contribution is 2.42. The first-order chi connectivity index (χ1) is 69.4. The van der Waals surface area contributed by atoms with Crippen molar-refractivity contribution in [1.29, 1.82) is 0 Å². The van der Waals surface area contributed by atoms with E-state index in [9.17, 15) is 127 Å². The zero-order valence-corrected chi connectivity index (χ0v) is 83.6. The minimum absolute atomic E-state index is 0.400. The predicted molar refractivity (Wildman–Crippen MR) is 489 cm³/mol. The van der Waals surface area contributed by atoms with Crippen LogP contribution in [0.15, 0.2) is 205 Å². The highest BCUT2D eigenvalue weighted by Gasteiger charge is 2.61. The Morgan fingerprint density at radius 2 is 0.395 bits per heavy atom. The van der Waals surface area contributed by atoms with Crippen LogP contribution in [0, 0.1) is 41.5 Å². The van der Waals surface area contributed by atoms with Gasteiger partial charge in [0.15, 0.2) is 44.0 Å². The Morgan fingerprint density at radius 3 is 0.571 bits per heavy atom. The van der Waals surface area contributed by atoms with Gasteiger partial charge in [0, 0.05) is 6.54 Å². The first kappa shape index (κ1) is 113. The molecule has 55 heteroatoms. The van der Waals surface area contributed by atoms with E-state index in [4.69, 9.17) is 96.2 Å². The molecule has 810 valence electrons. The van der Waals surface area contributed by atoms with E-state index in [-0.39, 0.29) is 0 Å². The van der Waals surface area contributed by atoms with Gasteiger partial charge in [-0.25, -0.2) is 4.79 Å². The number of rotatable bonds is 28. The molecular formula is C92H113NO48S6. The Balaban J connectivity index is 0.846. The van der Waals surface area contributed by atoms with Crippen LogP contribution in [0.5, 0.6) is 0 Å². The molecule has 21 heterocycles. The number of ether oxygens (including phenoxy) is 15. The molecular weight excluding hydrogens is 2080 g/mol. The maximum absolute atomic E-state index is 14.3. The van der Waals surface area contributed by atoms with Crippen LogP contribution in [0.4, 0.5) is 4.79 Å². The van der Waals surface area contributed by atoms with Gasteiger partial charge in [0.1, 0.15) is 178 Å². The molecule has 0 radical (unpaired) electrons. The fourth-order valence-corrected chi connectivity index (χ4v) is 22.4. The molecule has 14 bridgehead atoms. The fraction of sp³-hybridized carbons (Fsp3) is 0.533. The van der Waals surface area contributed by atoms with E-state index >= 15 is 0 Å². The summed E-state index contributed by atoms with van der Waals surface area (Å²) in [5, 5.41) is 178. The number of carbonyl (C=O) groups is 1. The number of aliphatic hydroxyl groups is 14. The monoisotopic (exact) mass is 2190 g/mol. The second-order valence-corrected chi connectivity index (χ2v) is 45.8. The van der Waals surface area contributed by atoms with E-state index in [2.05, 4.69) is 5.32 Å². The smallest absolute Gasteiger partial charge is 0.407 e. The van der Waals surface area contributed by atoms with Gasteiger partial charge in [-0.2, -0.15) is 50.5 Å². The third-order valence-corrected chi connectivity index (χ3v) is 33.1. The van der Waals surface area contributed by atoms with Crippen molar-refractivity contribution >= 4 is 66.8 Å². The zero-order chi connectivity index (χ0) is 106. The molecule has 0 aromatic heterocycles. The van der Waals surface area contributed by atoms with Crippen LogP contribution < -0.4 is 5.32 Å². The predicted octanol–water partition coefficient (Wildman–Crippen LogP) is -2.97. The molecule has 7 aromatic carbocycles. The SMILES string of the molecule is Cc1ccc(S(=O)(=O)OC[C@H]2O[C@@H]3O[C@H]4[C@H](O)[C@@H](O)[C@@H](O[C@H]5[C@H](O)[C@@H](O)[C@@H](O[C@H]6[C@H](O)[C@@H](O)[C@@H](O[C@H]7[C@H](O)[C@@H](O)[C@@H](O[C@H]8[C@H](O)[C@@H](O)[C@@H](O[C@H]9[C@H](O)[C@@H](O)[C@@H](O[C@H]2[C@H](O)[C@H]3O)O[C@@H]9CNC(=O)OCc2ccccc2)O[C@@H]8COS(=O)(=O)c2ccc(C)cc2)O[C@@H]7COS(=O)(=O)c2ccc(C)cc2)O[C@@H]6COS(=O)(=O)c2ccc(C)cc2)O[C@@H]5COS(=O)(=O)c2ccc(C)cc2)O[C@@H]4COS(=O)(=O)c2ccc(C)cc2)cc1. The molecule has 21 aliphatic heterocycles. The molecule has 28 rings (SSSR count). The number of aryl methyl sites for hydroxylation is 6. The number of carbonyl (C=O) groups excluding carboxylic acids is 1. The third-order valence-electron chi connectivity index (χ3n) is 25.4. The minimum Gasteiger partial charge on any atom is -0.445 e. The molecule has 7 aromatic rings. The number of benzene rings is 7. The first-order valence-corrected chi connectivity index (χ1v) is 54.3. The number of amides is 1. The van der Waals surface area contributed by atoms with Gasteiger partial charge >= 0.3 is 6.09 Å². The number of hydrogen-bond acceptors (Lipinski definition) is 48. The standard InChI is InChI=1S/C92H113NO48S6/c1-44-12-24-51(25-13-44)142(109,110)122-38-58-79-66(96)73(103)87(130-58)138-81-60(40-124-144(113,114)53-28-16-46(3)17-29-53)132-89(75(105)68(81)98)140-83-62(42-126-146(117,118)55-32-20-48(5)21-33-55)134-91(77(107)70(83)100)141-84-63(43-127-147(119,120)56-34-22-49(6)23-35-56)133-90(76(106)69(84)99)139-82-61(41-125-145(115,116)54-30-18-47(4)19-31-54)131-88(74(104)67(82)97)137-80-59(39-123-143(111,112)52-26-14-45(2)15-27-52)129-86(72(102)65(80)95)135-78-57(128-85(136-79)71(101)64(78)94)36-93-92(108)121-37-50-10-8-7-9-11-50/h7-35,57-91,94-107H,36-43H2,1-6H3,(H,93,108)/t57-,58-,59-,60-,61-,62-,63-,64-,65-,66-,67-,68-,69-,70-,71-,72-,73-,74-,75-,76-,77-,78-,79-,80-,81-,82-,83-,84-,85-,86-,87-,88-,89-,90-,91-/m1/s1. The van der Waals surface area contributed by atoms with E-state index in [1.165, 1.54) is 72.8 Å². The summed E-state index contributed by atoms with van der Waals surface area (Å²) in [7, 11) is -30.1. The summed E-state index contributed by atoms with van der Waals surface area (Å²) >= 11 is 0. The summed E-state index contributed by atoms with van der Waals surface area (Å²) in [6.07, 6.45) is -88.9. The Bertz CT molecular complexity index is 6020. The maximum atomic E-state index is 14.3. The van der Waals surface area contributed by atoms with Crippen LogP contribution in [0.25, 0.3) is 0 Å². The molecule has 0 saturated carbocycles. The van der Waals surface area contributed by atoms with Crippen LogP contribution in [0.3, 0.4) is 0 Å². The van der Waals surface area contributed by atoms with E-state index in [1.54, 1.807) is 71.9 Å². The summed E-state index contributed by atoms with van der Waals surface area (Å²) in [5.41, 5.74) is 3.77. The quantitative estimate of drug-likeness (QED) is 0.0218. The first-order valence-electron chi connectivity index (χ1n) is 45.9. The van der Waals surface area contributed by atoms with Crippen molar-refractivity contribution in [2.45, 2.75) is 292 Å². The highest BCUT2D eigenvalue weighted by molar-refractivity contribution is 7.88. The van der Waals surface area contributed by atoms with Gasteiger partial charge in [-0.1, -0.05) is 137 Å². The van der Waals surface area contributed by atoms with Crippen LogP contribution in [-0.4, -0.2) is 389 Å². The number of aliphatic hydroxyl groups excluding tert-OH is 14. The topological polar surface area (TPSA) is 711 Å². The lowest BCUT2D eigenvalue weighted by Gasteiger charge is -2.50. The average molecular weight is 2190 g/mol. The molecule has 0 spiro atoms. The number of nitrogens with one attached hydrogen (secondary N) is 1. The zero-order valence-electron chi connectivity index (χ0n) is 78.7. The second-order valence-electron chi connectivity index (χ2n) is 36.1. The molecule has 21 aliphatic rings. The lowest BCUT2D eigenvalue weighted by Crippen LogP contribution is -2.68. The van der Waals surface area contributed by atoms with E-state index < -0.39 is 364 Å². The van der Waals surface area contributed by atoms with Gasteiger partial charge in [0.25, 0.3) is 60.7 Å². The van der Waals surface area contributed by atoms with Gasteiger partial charge in [-0.05, 0) is 120 Å². The number of alkyl carbamates (subject to hydrolysis) is 1. The molecule has 21 fully saturated rings. The summed E-state index contributed by atoms with van der Waals surface area (Å²) < 4.78 is 297. The van der Waals surface area contributed by atoms with E-state index in [0.29, 0.717) is 38.9 Å². The van der Waals surface area contributed by atoms with Crippen LogP contribution >= 0.6 is 0 Å². The molecule has 0 aliphatic carbocycles. The lowest BCUT2D eigenvalue weighted by atomic mass is 9.95. The van der Waals surface area contributed by atoms with Crippen molar-refractivity contribution in [1.82, 2.24) is 5.32 Å². The van der Waals surface area contributed by atoms with Gasteiger partial charge in [-0.3, -0.25) is 25.1 Å². The maximum Gasteiger partial charge on any atom is 0.407 e. The molecule has 35 atom stereocenters. The van der Waals surface area contributed by atoms with Gasteiger partial charge in [-0.15, -0.1) is 0 Å². The third kappa shape index (κ3) is 26.6. The number of hydrogen-bond donors (Lipinski definition) is 15. The van der Waals surface area contributed by atoms with Crippen LogP contribution in [0.2, 0.25) is 0 Å². The highest BCUT2D eigenvalue weighted by atomic mass is 32.2. The average Bonchev–Trinajstić information content (AvgIpc) is 0.827. The van der Waals surface area contributed by atoms with Crippen LogP contribution in [-0.2, 0) is 163 Å². The van der Waals surface area contributed by atoms with Crippen LogP contribution in [0.1, 0.15) is 38.9 Å². The summed E-state index contributed by atoms with van der Waals surface area (Å²) in [5.74, 6) is 0. The van der Waals surface area contributed by atoms with Crippen molar-refractivity contribution in [3.8, 4) is 0 Å². The molecule has 0 unspecified atom stereocenters. The molecule has 147 heavy (non-hydrogen) atoms. The van der Waals surface area contributed by atoms with Gasteiger partial charge < -0.3 is 148 Å². The Morgan fingerprint density at radius 1 is 0.231 bits per heavy atom. The molecule has 1 amide bonds. The van der Waals surface area contributed by atoms with E-state index in [1.807, 2.05) is 0 Å². The summed E-state index contributed by atoms with van der Waals surface area (Å²) in [6.45, 7) is 0.0685. The lowest BCUT2D eigenvalue weighted by molar-refractivity contribution is -0.395. The molecule has 15 N–H and O–H groups in total. The largest absolute Gasteiger partial charge is 0.445 e. The van der Waals surface area contributed by atoms with E-state index in [0.717, 1.165) is 72.8 Å². The normalized spacial score (nSPS) is 35.1. The van der Waals surface area contributed by atoms with Gasteiger partial charge in [0.2, 0.25) is 0 Å². The Hall–Kier alpha value is -7.85.